The highest BCUT2D eigenvalue weighted by atomic mass is 16.4. The van der Waals surface area contributed by atoms with E-state index in [9.17, 15) is 14.4 Å². The van der Waals surface area contributed by atoms with Crippen LogP contribution in [0, 0.1) is 11.3 Å². The van der Waals surface area contributed by atoms with Gasteiger partial charge in [-0.05, 0) is 30.6 Å². The lowest BCUT2D eigenvalue weighted by Crippen LogP contribution is -2.54. The third-order valence-electron chi connectivity index (χ3n) is 3.92. The Balaban J connectivity index is 2.28. The molecule has 1 spiro atoms. The lowest BCUT2D eigenvalue weighted by molar-refractivity contribution is -0.144. The maximum absolute atomic E-state index is 12.4. The summed E-state index contributed by atoms with van der Waals surface area (Å²) >= 11 is 0. The molecule has 3 amide bonds. The van der Waals surface area contributed by atoms with Crippen LogP contribution in [0.3, 0.4) is 0 Å². The van der Waals surface area contributed by atoms with Gasteiger partial charge in [-0.15, -0.1) is 0 Å². The van der Waals surface area contributed by atoms with E-state index in [1.165, 1.54) is 0 Å². The normalized spacial score (nSPS) is 33.6. The van der Waals surface area contributed by atoms with E-state index in [0.717, 1.165) is 11.3 Å². The summed E-state index contributed by atoms with van der Waals surface area (Å²) in [4.78, 5) is 35.8. The third kappa shape index (κ3) is 2.43. The summed E-state index contributed by atoms with van der Waals surface area (Å²) in [5.74, 6) is -1.25. The zero-order valence-corrected chi connectivity index (χ0v) is 11.5. The van der Waals surface area contributed by atoms with Gasteiger partial charge in [0.25, 0.3) is 5.91 Å². The molecule has 6 nitrogen and oxygen atoms in total. The van der Waals surface area contributed by atoms with E-state index in [2.05, 4.69) is 26.1 Å². The van der Waals surface area contributed by atoms with Gasteiger partial charge in [-0.2, -0.15) is 0 Å². The number of carbonyl (C=O) groups is 3. The number of imide groups is 1. The average molecular weight is 268 g/mol. The van der Waals surface area contributed by atoms with Crippen molar-refractivity contribution in [2.45, 2.75) is 45.6 Å². The van der Waals surface area contributed by atoms with Crippen LogP contribution in [-0.2, 0) is 9.59 Å². The molecule has 0 aromatic rings. The van der Waals surface area contributed by atoms with Gasteiger partial charge in [-0.1, -0.05) is 20.8 Å². The highest BCUT2D eigenvalue weighted by Gasteiger charge is 2.56. The van der Waals surface area contributed by atoms with Crippen LogP contribution in [0.2, 0.25) is 0 Å². The number of urea groups is 1. The molecule has 1 heterocycles. The molecule has 1 saturated carbocycles. The van der Waals surface area contributed by atoms with Gasteiger partial charge >= 0.3 is 12.0 Å². The summed E-state index contributed by atoms with van der Waals surface area (Å²) in [6, 6.07) is -0.586. The summed E-state index contributed by atoms with van der Waals surface area (Å²) in [7, 11) is 0. The number of nitrogens with one attached hydrogen (secondary N) is 1. The molecule has 19 heavy (non-hydrogen) atoms. The van der Waals surface area contributed by atoms with E-state index in [1.807, 2.05) is 0 Å². The van der Waals surface area contributed by atoms with Crippen LogP contribution in [0.5, 0.6) is 0 Å². The van der Waals surface area contributed by atoms with Crippen molar-refractivity contribution in [3.63, 3.8) is 0 Å². The summed E-state index contributed by atoms with van der Waals surface area (Å²) in [5.41, 5.74) is -0.951. The lowest BCUT2D eigenvalue weighted by atomic mass is 9.64. The van der Waals surface area contributed by atoms with Crippen LogP contribution in [0.15, 0.2) is 0 Å². The van der Waals surface area contributed by atoms with Gasteiger partial charge < -0.3 is 10.4 Å². The fourth-order valence-corrected chi connectivity index (χ4v) is 3.78. The van der Waals surface area contributed by atoms with Crippen molar-refractivity contribution in [1.29, 1.82) is 0 Å². The van der Waals surface area contributed by atoms with Gasteiger partial charge in [0.1, 0.15) is 12.1 Å². The molecule has 1 saturated heterocycles. The van der Waals surface area contributed by atoms with Crippen LogP contribution in [0.4, 0.5) is 4.79 Å². The Labute approximate surface area is 112 Å². The number of rotatable bonds is 2. The maximum atomic E-state index is 12.4. The molecule has 2 N–H and O–H groups in total. The standard InChI is InChI=1S/C13H20N2O4/c1-8-4-12(2,3)7-13(5-8)10(18)15(6-9(16)17)11(19)14-13/h8H,4-7H2,1-3H3,(H,14,19)(H,16,17). The Kier molecular flexibility index (Phi) is 3.07. The number of amides is 3. The predicted octanol–water partition coefficient (Wildman–Crippen LogP) is 1.21. The van der Waals surface area contributed by atoms with E-state index in [1.54, 1.807) is 0 Å². The third-order valence-corrected chi connectivity index (χ3v) is 3.92. The quantitative estimate of drug-likeness (QED) is 0.737. The molecular weight excluding hydrogens is 248 g/mol. The van der Waals surface area contributed by atoms with E-state index >= 15 is 0 Å². The van der Waals surface area contributed by atoms with Gasteiger partial charge in [-0.3, -0.25) is 14.5 Å². The minimum Gasteiger partial charge on any atom is -0.480 e. The molecule has 0 radical (unpaired) electrons. The number of carboxylic acids is 1. The molecular formula is C13H20N2O4. The van der Waals surface area contributed by atoms with Gasteiger partial charge in [0.05, 0.1) is 0 Å². The van der Waals surface area contributed by atoms with Crippen molar-refractivity contribution in [2.75, 3.05) is 6.54 Å². The molecule has 2 unspecified atom stereocenters. The van der Waals surface area contributed by atoms with Crippen LogP contribution in [-0.4, -0.2) is 40.0 Å². The second-order valence-corrected chi connectivity index (χ2v) is 6.65. The zero-order valence-electron chi connectivity index (χ0n) is 11.5. The molecule has 106 valence electrons. The van der Waals surface area contributed by atoms with Crippen LogP contribution in [0.1, 0.15) is 40.0 Å². The van der Waals surface area contributed by atoms with Crippen LogP contribution >= 0.6 is 0 Å². The predicted molar refractivity (Wildman–Crippen MR) is 67.4 cm³/mol. The molecule has 2 atom stereocenters. The molecule has 1 aliphatic carbocycles. The Morgan fingerprint density at radius 3 is 2.58 bits per heavy atom. The number of hydrogen-bond acceptors (Lipinski definition) is 3. The molecule has 2 rings (SSSR count). The molecule has 0 bridgehead atoms. The average Bonchev–Trinajstić information content (AvgIpc) is 2.38. The topological polar surface area (TPSA) is 86.7 Å². The Morgan fingerprint density at radius 1 is 1.42 bits per heavy atom. The zero-order chi connectivity index (χ0) is 14.4. The number of nitrogens with zero attached hydrogens (tertiary/aromatic N) is 1. The first-order chi connectivity index (χ1) is 8.65. The summed E-state index contributed by atoms with van der Waals surface area (Å²) in [6.45, 7) is 5.64. The van der Waals surface area contributed by atoms with E-state index in [-0.39, 0.29) is 11.3 Å². The molecule has 2 aliphatic rings. The first kappa shape index (κ1) is 13.8. The summed E-state index contributed by atoms with van der Waals surface area (Å²) in [5, 5.41) is 11.5. The van der Waals surface area contributed by atoms with Crippen LogP contribution in [0.25, 0.3) is 0 Å². The van der Waals surface area contributed by atoms with Gasteiger partial charge in [0.2, 0.25) is 0 Å². The molecule has 6 heteroatoms. The van der Waals surface area contributed by atoms with Gasteiger partial charge in [0, 0.05) is 0 Å². The number of hydrogen-bond donors (Lipinski definition) is 2. The molecule has 2 fully saturated rings. The second-order valence-electron chi connectivity index (χ2n) is 6.65. The van der Waals surface area contributed by atoms with E-state index < -0.39 is 24.1 Å². The minimum atomic E-state index is -1.18. The molecule has 0 aromatic carbocycles. The number of carboxylic acid groups (broad SMARTS) is 1. The fraction of sp³-hybridized carbons (Fsp3) is 0.769. The van der Waals surface area contributed by atoms with E-state index in [0.29, 0.717) is 18.8 Å². The van der Waals surface area contributed by atoms with Crippen molar-refractivity contribution in [3.8, 4) is 0 Å². The highest BCUT2D eigenvalue weighted by molar-refractivity contribution is 6.08. The maximum Gasteiger partial charge on any atom is 0.325 e. The number of aliphatic carboxylic acids is 1. The monoisotopic (exact) mass is 268 g/mol. The Hall–Kier alpha value is -1.59. The first-order valence-electron chi connectivity index (χ1n) is 6.51. The van der Waals surface area contributed by atoms with Crippen molar-refractivity contribution in [2.24, 2.45) is 11.3 Å². The second kappa shape index (κ2) is 4.21. The summed E-state index contributed by atoms with van der Waals surface area (Å²) < 4.78 is 0. The minimum absolute atomic E-state index is 0.0418. The number of carbonyl (C=O) groups excluding carboxylic acids is 2. The molecule has 0 aromatic heterocycles. The lowest BCUT2D eigenvalue weighted by Gasteiger charge is -2.43. The van der Waals surface area contributed by atoms with Crippen molar-refractivity contribution in [3.05, 3.63) is 0 Å². The smallest absolute Gasteiger partial charge is 0.325 e. The van der Waals surface area contributed by atoms with Gasteiger partial charge in [-0.25, -0.2) is 4.79 Å². The van der Waals surface area contributed by atoms with Crippen LogP contribution < -0.4 is 5.32 Å². The Bertz CT molecular complexity index is 446. The first-order valence-corrected chi connectivity index (χ1v) is 6.51. The van der Waals surface area contributed by atoms with Crippen molar-refractivity contribution < 1.29 is 19.5 Å². The SMILES string of the molecule is CC1CC(C)(C)CC2(C1)NC(=O)N(CC(=O)O)C2=O. The largest absolute Gasteiger partial charge is 0.480 e. The van der Waals surface area contributed by atoms with E-state index in [4.69, 9.17) is 5.11 Å². The van der Waals surface area contributed by atoms with Gasteiger partial charge in [0.15, 0.2) is 0 Å². The fourth-order valence-electron chi connectivity index (χ4n) is 3.78. The van der Waals surface area contributed by atoms with Crippen molar-refractivity contribution in [1.82, 2.24) is 10.2 Å². The highest BCUT2D eigenvalue weighted by Crippen LogP contribution is 2.46. The molecule has 1 aliphatic heterocycles. The Morgan fingerprint density at radius 2 is 2.05 bits per heavy atom. The van der Waals surface area contributed by atoms with Crippen molar-refractivity contribution >= 4 is 17.9 Å². The summed E-state index contributed by atoms with van der Waals surface area (Å²) in [6.07, 6.45) is 2.14.